The molecule has 0 heterocycles. The van der Waals surface area contributed by atoms with Gasteiger partial charge in [0, 0.05) is 6.26 Å². The molecule has 2 nitrogen and oxygen atoms in total. The zero-order valence-electron chi connectivity index (χ0n) is 11.2. The van der Waals surface area contributed by atoms with Crippen LogP contribution < -0.4 is 0 Å². The fraction of sp³-hybridized carbons (Fsp3) is 0.333. The van der Waals surface area contributed by atoms with Crippen molar-refractivity contribution in [1.29, 1.82) is 0 Å². The third kappa shape index (κ3) is 2.77. The molecule has 2 aromatic carbocycles. The number of hydrogen-bond donors (Lipinski definition) is 0. The first-order valence-corrected chi connectivity index (χ1v) is 8.52. The van der Waals surface area contributed by atoms with Gasteiger partial charge in [0.15, 0.2) is 9.84 Å². The molecular formula is C15H17ClO2S. The van der Waals surface area contributed by atoms with Crippen LogP contribution in [0.1, 0.15) is 23.4 Å². The second-order valence-electron chi connectivity index (χ2n) is 4.95. The second kappa shape index (κ2) is 5.14. The van der Waals surface area contributed by atoms with Gasteiger partial charge in [-0.3, -0.25) is 0 Å². The molecule has 2 atom stereocenters. The van der Waals surface area contributed by atoms with E-state index in [1.54, 1.807) is 6.92 Å². The molecule has 0 N–H and O–H groups in total. The van der Waals surface area contributed by atoms with Gasteiger partial charge in [-0.2, -0.15) is 0 Å². The lowest BCUT2D eigenvalue weighted by Gasteiger charge is -2.19. The van der Waals surface area contributed by atoms with Gasteiger partial charge in [0.25, 0.3) is 0 Å². The van der Waals surface area contributed by atoms with Crippen LogP contribution in [0.15, 0.2) is 36.4 Å². The number of fused-ring (bicyclic) bond motifs is 1. The summed E-state index contributed by atoms with van der Waals surface area (Å²) in [5.74, 6) is 0. The van der Waals surface area contributed by atoms with E-state index in [1.165, 1.54) is 6.26 Å². The van der Waals surface area contributed by atoms with Crippen molar-refractivity contribution in [3.63, 3.8) is 0 Å². The van der Waals surface area contributed by atoms with E-state index in [2.05, 4.69) is 0 Å². The zero-order valence-corrected chi connectivity index (χ0v) is 12.8. The molecule has 2 rings (SSSR count). The van der Waals surface area contributed by atoms with Crippen molar-refractivity contribution in [2.24, 2.45) is 0 Å². The van der Waals surface area contributed by atoms with Gasteiger partial charge >= 0.3 is 0 Å². The van der Waals surface area contributed by atoms with E-state index in [0.29, 0.717) is 0 Å². The number of halogens is 1. The maximum Gasteiger partial charge on any atom is 0.151 e. The first kappa shape index (κ1) is 14.4. The minimum absolute atomic E-state index is 0.541. The predicted molar refractivity (Wildman–Crippen MR) is 81.6 cm³/mol. The Hall–Kier alpha value is -1.06. The topological polar surface area (TPSA) is 34.1 Å². The first-order valence-electron chi connectivity index (χ1n) is 6.13. The van der Waals surface area contributed by atoms with E-state index in [0.717, 1.165) is 21.9 Å². The SMILES string of the molecule is Cc1ccc(C(Cl)C(C)S(C)(=O)=O)c2ccccc12. The fourth-order valence-electron chi connectivity index (χ4n) is 2.18. The number of benzene rings is 2. The quantitative estimate of drug-likeness (QED) is 0.806. The zero-order chi connectivity index (χ0) is 14.2. The van der Waals surface area contributed by atoms with Crippen molar-refractivity contribution in [2.75, 3.05) is 6.26 Å². The summed E-state index contributed by atoms with van der Waals surface area (Å²) in [5, 5.41) is 0.991. The molecule has 0 aliphatic rings. The molecule has 0 aliphatic carbocycles. The molecular weight excluding hydrogens is 280 g/mol. The highest BCUT2D eigenvalue weighted by molar-refractivity contribution is 7.91. The van der Waals surface area contributed by atoms with Gasteiger partial charge in [-0.15, -0.1) is 11.6 Å². The Labute approximate surface area is 119 Å². The van der Waals surface area contributed by atoms with Crippen LogP contribution >= 0.6 is 11.6 Å². The highest BCUT2D eigenvalue weighted by Crippen LogP contribution is 2.34. The average Bonchev–Trinajstić information content (AvgIpc) is 2.37. The third-order valence-corrected chi connectivity index (χ3v) is 5.95. The van der Waals surface area contributed by atoms with Crippen LogP contribution in [0, 0.1) is 6.92 Å². The van der Waals surface area contributed by atoms with E-state index in [9.17, 15) is 8.42 Å². The van der Waals surface area contributed by atoms with Crippen LogP contribution in [-0.2, 0) is 9.84 Å². The molecule has 0 radical (unpaired) electrons. The second-order valence-corrected chi connectivity index (χ2v) is 7.83. The van der Waals surface area contributed by atoms with Crippen molar-refractivity contribution in [2.45, 2.75) is 24.5 Å². The molecule has 2 aromatic rings. The lowest BCUT2D eigenvalue weighted by Crippen LogP contribution is -2.21. The van der Waals surface area contributed by atoms with E-state index in [4.69, 9.17) is 11.6 Å². The number of hydrogen-bond acceptors (Lipinski definition) is 2. The van der Waals surface area contributed by atoms with Crippen LogP contribution in [0.25, 0.3) is 10.8 Å². The van der Waals surface area contributed by atoms with Crippen LogP contribution in [0.2, 0.25) is 0 Å². The lowest BCUT2D eigenvalue weighted by atomic mass is 9.97. The van der Waals surface area contributed by atoms with Gasteiger partial charge in [0.2, 0.25) is 0 Å². The molecule has 4 heteroatoms. The molecule has 0 aliphatic heterocycles. The first-order chi connectivity index (χ1) is 8.82. The average molecular weight is 297 g/mol. The van der Waals surface area contributed by atoms with E-state index < -0.39 is 20.5 Å². The molecule has 0 fully saturated rings. The van der Waals surface area contributed by atoms with Crippen molar-refractivity contribution in [1.82, 2.24) is 0 Å². The summed E-state index contributed by atoms with van der Waals surface area (Å²) in [5.41, 5.74) is 2.04. The predicted octanol–water partition coefficient (Wildman–Crippen LogP) is 3.86. The van der Waals surface area contributed by atoms with Crippen molar-refractivity contribution >= 4 is 32.2 Å². The third-order valence-electron chi connectivity index (χ3n) is 3.56. The van der Waals surface area contributed by atoms with Crippen LogP contribution in [-0.4, -0.2) is 19.9 Å². The Kier molecular flexibility index (Phi) is 3.88. The van der Waals surface area contributed by atoms with Crippen LogP contribution in [0.5, 0.6) is 0 Å². The molecule has 102 valence electrons. The summed E-state index contributed by atoms with van der Waals surface area (Å²) in [6, 6.07) is 11.9. The Bertz CT molecular complexity index is 707. The largest absolute Gasteiger partial charge is 0.229 e. The van der Waals surface area contributed by atoms with Gasteiger partial charge < -0.3 is 0 Å². The lowest BCUT2D eigenvalue weighted by molar-refractivity contribution is 0.587. The summed E-state index contributed by atoms with van der Waals surface area (Å²) in [6.07, 6.45) is 1.23. The standard InChI is InChI=1S/C15H17ClO2S/c1-10-8-9-14(13-7-5-4-6-12(10)13)15(16)11(2)19(3,17)18/h4-9,11,15H,1-3H3. The smallest absolute Gasteiger partial charge is 0.151 e. The fourth-order valence-corrected chi connectivity index (χ4v) is 3.51. The molecule has 0 bridgehead atoms. The molecule has 0 amide bonds. The molecule has 0 saturated carbocycles. The highest BCUT2D eigenvalue weighted by atomic mass is 35.5. The minimum atomic E-state index is -3.16. The number of alkyl halides is 1. The van der Waals surface area contributed by atoms with E-state index >= 15 is 0 Å². The van der Waals surface area contributed by atoms with Gasteiger partial charge in [-0.05, 0) is 35.7 Å². The Balaban J connectivity index is 2.61. The summed E-state index contributed by atoms with van der Waals surface area (Å²) < 4.78 is 23.3. The summed E-state index contributed by atoms with van der Waals surface area (Å²) in [4.78, 5) is 0. The highest BCUT2D eigenvalue weighted by Gasteiger charge is 2.26. The monoisotopic (exact) mass is 296 g/mol. The maximum atomic E-state index is 11.7. The van der Waals surface area contributed by atoms with Gasteiger partial charge in [0.1, 0.15) is 0 Å². The summed E-state index contributed by atoms with van der Waals surface area (Å²) in [6.45, 7) is 3.69. The number of aryl methyl sites for hydroxylation is 1. The molecule has 19 heavy (non-hydrogen) atoms. The molecule has 0 aromatic heterocycles. The molecule has 2 unspecified atom stereocenters. The van der Waals surface area contributed by atoms with Crippen molar-refractivity contribution < 1.29 is 8.42 Å². The maximum absolute atomic E-state index is 11.7. The molecule has 0 spiro atoms. The summed E-state index contributed by atoms with van der Waals surface area (Å²) >= 11 is 6.39. The van der Waals surface area contributed by atoms with E-state index in [1.807, 2.05) is 43.3 Å². The van der Waals surface area contributed by atoms with Crippen LogP contribution in [0.3, 0.4) is 0 Å². The van der Waals surface area contributed by atoms with Crippen molar-refractivity contribution in [3.05, 3.63) is 47.5 Å². The Morgan fingerprint density at radius 3 is 2.21 bits per heavy atom. The Morgan fingerprint density at radius 2 is 1.63 bits per heavy atom. The number of rotatable bonds is 3. The van der Waals surface area contributed by atoms with Gasteiger partial charge in [0.05, 0.1) is 10.6 Å². The minimum Gasteiger partial charge on any atom is -0.229 e. The van der Waals surface area contributed by atoms with Crippen molar-refractivity contribution in [3.8, 4) is 0 Å². The van der Waals surface area contributed by atoms with Gasteiger partial charge in [-0.25, -0.2) is 8.42 Å². The van der Waals surface area contributed by atoms with Crippen LogP contribution in [0.4, 0.5) is 0 Å². The normalized spacial score (nSPS) is 15.4. The Morgan fingerprint density at radius 1 is 1.05 bits per heavy atom. The summed E-state index contributed by atoms with van der Waals surface area (Å²) in [7, 11) is -3.16. The molecule has 0 saturated heterocycles. The van der Waals surface area contributed by atoms with Gasteiger partial charge in [-0.1, -0.05) is 36.4 Å². The number of sulfone groups is 1. The van der Waals surface area contributed by atoms with E-state index in [-0.39, 0.29) is 0 Å².